The summed E-state index contributed by atoms with van der Waals surface area (Å²) >= 11 is 0. The lowest BCUT2D eigenvalue weighted by Crippen LogP contribution is -2.45. The van der Waals surface area contributed by atoms with Gasteiger partial charge < -0.3 is 15.5 Å². The lowest BCUT2D eigenvalue weighted by molar-refractivity contribution is 0.118. The third-order valence-corrected chi connectivity index (χ3v) is 3.33. The number of hydrogen-bond donors (Lipinski definition) is 1. The second-order valence-corrected chi connectivity index (χ2v) is 4.08. The van der Waals surface area contributed by atoms with Gasteiger partial charge in [0.25, 0.3) is 0 Å². The van der Waals surface area contributed by atoms with Crippen molar-refractivity contribution in [3.63, 3.8) is 0 Å². The van der Waals surface area contributed by atoms with Crippen LogP contribution in [0, 0.1) is 0 Å². The number of piperidine rings is 1. The van der Waals surface area contributed by atoms with E-state index in [4.69, 9.17) is 5.73 Å². The Balaban J connectivity index is 2.27. The Morgan fingerprint density at radius 1 is 1.21 bits per heavy atom. The SMILES string of the molecule is CCN(CC)C1CCN(CCN)CC1. The van der Waals surface area contributed by atoms with Crippen LogP contribution in [0.1, 0.15) is 26.7 Å². The summed E-state index contributed by atoms with van der Waals surface area (Å²) in [7, 11) is 0. The zero-order valence-corrected chi connectivity index (χ0v) is 9.71. The first-order valence-electron chi connectivity index (χ1n) is 5.98. The van der Waals surface area contributed by atoms with Gasteiger partial charge in [-0.15, -0.1) is 0 Å². The van der Waals surface area contributed by atoms with Crippen molar-refractivity contribution in [1.29, 1.82) is 0 Å². The van der Waals surface area contributed by atoms with Crippen LogP contribution in [-0.2, 0) is 0 Å². The van der Waals surface area contributed by atoms with E-state index in [2.05, 4.69) is 23.6 Å². The molecule has 1 heterocycles. The minimum Gasteiger partial charge on any atom is -0.329 e. The smallest absolute Gasteiger partial charge is 0.0119 e. The number of nitrogens with zero attached hydrogens (tertiary/aromatic N) is 2. The summed E-state index contributed by atoms with van der Waals surface area (Å²) < 4.78 is 0. The first-order valence-corrected chi connectivity index (χ1v) is 5.98. The molecule has 0 atom stereocenters. The molecule has 1 aliphatic heterocycles. The topological polar surface area (TPSA) is 32.5 Å². The maximum Gasteiger partial charge on any atom is 0.0119 e. The van der Waals surface area contributed by atoms with Crippen molar-refractivity contribution < 1.29 is 0 Å². The van der Waals surface area contributed by atoms with E-state index in [9.17, 15) is 0 Å². The Hall–Kier alpha value is -0.120. The van der Waals surface area contributed by atoms with Gasteiger partial charge in [0.15, 0.2) is 0 Å². The van der Waals surface area contributed by atoms with E-state index < -0.39 is 0 Å². The van der Waals surface area contributed by atoms with E-state index in [0.29, 0.717) is 0 Å². The zero-order valence-electron chi connectivity index (χ0n) is 9.71. The van der Waals surface area contributed by atoms with Gasteiger partial charge in [-0.25, -0.2) is 0 Å². The molecule has 0 bridgehead atoms. The molecule has 0 amide bonds. The lowest BCUT2D eigenvalue weighted by Gasteiger charge is -2.37. The molecule has 1 aliphatic rings. The van der Waals surface area contributed by atoms with Gasteiger partial charge in [-0.1, -0.05) is 13.8 Å². The van der Waals surface area contributed by atoms with Crippen molar-refractivity contribution in [3.8, 4) is 0 Å². The average molecular weight is 199 g/mol. The molecule has 0 aromatic rings. The fraction of sp³-hybridized carbons (Fsp3) is 1.00. The Bertz CT molecular complexity index is 137. The molecule has 0 aromatic carbocycles. The van der Waals surface area contributed by atoms with Crippen LogP contribution in [0.5, 0.6) is 0 Å². The Morgan fingerprint density at radius 2 is 1.79 bits per heavy atom. The molecule has 1 fully saturated rings. The van der Waals surface area contributed by atoms with Gasteiger partial charge in [0, 0.05) is 19.1 Å². The molecule has 1 saturated heterocycles. The minimum atomic E-state index is 0.802. The third kappa shape index (κ3) is 3.23. The highest BCUT2D eigenvalue weighted by Crippen LogP contribution is 2.15. The minimum absolute atomic E-state index is 0.802. The molecule has 3 nitrogen and oxygen atoms in total. The van der Waals surface area contributed by atoms with Crippen LogP contribution in [0.3, 0.4) is 0 Å². The molecule has 0 radical (unpaired) electrons. The summed E-state index contributed by atoms with van der Waals surface area (Å²) in [5.41, 5.74) is 5.55. The van der Waals surface area contributed by atoms with Crippen molar-refractivity contribution in [2.45, 2.75) is 32.7 Å². The van der Waals surface area contributed by atoms with Crippen LogP contribution in [0.2, 0.25) is 0 Å². The van der Waals surface area contributed by atoms with Crippen molar-refractivity contribution in [1.82, 2.24) is 9.80 Å². The Morgan fingerprint density at radius 3 is 2.21 bits per heavy atom. The van der Waals surface area contributed by atoms with E-state index in [0.717, 1.165) is 19.1 Å². The van der Waals surface area contributed by atoms with E-state index in [1.165, 1.54) is 39.0 Å². The molecule has 84 valence electrons. The van der Waals surface area contributed by atoms with Gasteiger partial charge in [0.2, 0.25) is 0 Å². The van der Waals surface area contributed by atoms with Gasteiger partial charge in [0.05, 0.1) is 0 Å². The molecular formula is C11H25N3. The predicted molar refractivity (Wildman–Crippen MR) is 61.4 cm³/mol. The van der Waals surface area contributed by atoms with Crippen molar-refractivity contribution in [2.75, 3.05) is 39.3 Å². The Labute approximate surface area is 88.2 Å². The van der Waals surface area contributed by atoms with Crippen LogP contribution in [0.25, 0.3) is 0 Å². The summed E-state index contributed by atoms with van der Waals surface area (Å²) in [6.07, 6.45) is 2.64. The van der Waals surface area contributed by atoms with Crippen molar-refractivity contribution in [2.24, 2.45) is 5.73 Å². The van der Waals surface area contributed by atoms with E-state index >= 15 is 0 Å². The predicted octanol–water partition coefficient (Wildman–Crippen LogP) is 0.751. The normalized spacial score (nSPS) is 20.6. The molecule has 0 spiro atoms. The van der Waals surface area contributed by atoms with E-state index in [-0.39, 0.29) is 0 Å². The third-order valence-electron chi connectivity index (χ3n) is 3.33. The number of nitrogens with two attached hydrogens (primary N) is 1. The van der Waals surface area contributed by atoms with Crippen LogP contribution in [0.15, 0.2) is 0 Å². The monoisotopic (exact) mass is 199 g/mol. The van der Waals surface area contributed by atoms with E-state index in [1.54, 1.807) is 0 Å². The Kier molecular flexibility index (Phi) is 5.45. The van der Waals surface area contributed by atoms with Crippen molar-refractivity contribution in [3.05, 3.63) is 0 Å². The standard InChI is InChI=1S/C11H25N3/c1-3-14(4-2)11-5-8-13(9-6-11)10-7-12/h11H,3-10,12H2,1-2H3. The van der Waals surface area contributed by atoms with Crippen LogP contribution in [0.4, 0.5) is 0 Å². The highest BCUT2D eigenvalue weighted by Gasteiger charge is 2.21. The number of hydrogen-bond acceptors (Lipinski definition) is 3. The highest BCUT2D eigenvalue weighted by molar-refractivity contribution is 4.78. The molecule has 0 aliphatic carbocycles. The summed E-state index contributed by atoms with van der Waals surface area (Å²) in [4.78, 5) is 5.07. The number of rotatable bonds is 5. The van der Waals surface area contributed by atoms with Crippen LogP contribution < -0.4 is 5.73 Å². The fourth-order valence-corrected chi connectivity index (χ4v) is 2.43. The van der Waals surface area contributed by atoms with Crippen LogP contribution >= 0.6 is 0 Å². The largest absolute Gasteiger partial charge is 0.329 e. The molecule has 0 aromatic heterocycles. The highest BCUT2D eigenvalue weighted by atomic mass is 15.2. The summed E-state index contributed by atoms with van der Waals surface area (Å²) in [5.74, 6) is 0. The molecule has 14 heavy (non-hydrogen) atoms. The quantitative estimate of drug-likeness (QED) is 0.709. The molecule has 1 rings (SSSR count). The van der Waals surface area contributed by atoms with Gasteiger partial charge in [-0.2, -0.15) is 0 Å². The first-order chi connectivity index (χ1) is 6.81. The summed E-state index contributed by atoms with van der Waals surface area (Å²) in [6.45, 7) is 11.2. The molecular weight excluding hydrogens is 174 g/mol. The maximum atomic E-state index is 5.55. The van der Waals surface area contributed by atoms with E-state index in [1.807, 2.05) is 0 Å². The van der Waals surface area contributed by atoms with Crippen molar-refractivity contribution >= 4 is 0 Å². The number of likely N-dealkylation sites (tertiary alicyclic amines) is 1. The summed E-state index contributed by atoms with van der Waals surface area (Å²) in [5, 5.41) is 0. The van der Waals surface area contributed by atoms with Crippen LogP contribution in [-0.4, -0.2) is 55.1 Å². The van der Waals surface area contributed by atoms with Gasteiger partial charge in [-0.05, 0) is 39.0 Å². The molecule has 0 unspecified atom stereocenters. The second kappa shape index (κ2) is 6.38. The fourth-order valence-electron chi connectivity index (χ4n) is 2.43. The maximum absolute atomic E-state index is 5.55. The van der Waals surface area contributed by atoms with Gasteiger partial charge >= 0.3 is 0 Å². The van der Waals surface area contributed by atoms with Gasteiger partial charge in [-0.3, -0.25) is 0 Å². The lowest BCUT2D eigenvalue weighted by atomic mass is 10.0. The average Bonchev–Trinajstić information content (AvgIpc) is 2.23. The molecule has 3 heteroatoms. The second-order valence-electron chi connectivity index (χ2n) is 4.08. The zero-order chi connectivity index (χ0) is 10.4. The van der Waals surface area contributed by atoms with Gasteiger partial charge in [0.1, 0.15) is 0 Å². The molecule has 2 N–H and O–H groups in total. The first kappa shape index (κ1) is 12.0. The summed E-state index contributed by atoms with van der Waals surface area (Å²) in [6, 6.07) is 0.819. The molecule has 0 saturated carbocycles.